The van der Waals surface area contributed by atoms with Crippen molar-refractivity contribution >= 4 is 22.4 Å². The minimum Gasteiger partial charge on any atom is -0.476 e. The molecule has 2 aromatic rings. The van der Waals surface area contributed by atoms with Gasteiger partial charge in [0.05, 0.1) is 11.6 Å². The lowest BCUT2D eigenvalue weighted by Gasteiger charge is -2.26. The molecule has 0 spiro atoms. The van der Waals surface area contributed by atoms with Crippen LogP contribution in [0.1, 0.15) is 25.0 Å². The van der Waals surface area contributed by atoms with E-state index in [2.05, 4.69) is 22.0 Å². The second-order valence-corrected chi connectivity index (χ2v) is 5.79. The number of ether oxygens (including phenoxy) is 1. The Bertz CT molecular complexity index is 596. The molecule has 0 saturated carbocycles. The Labute approximate surface area is 130 Å². The normalized spacial score (nSPS) is 16.2. The largest absolute Gasteiger partial charge is 0.476 e. The van der Waals surface area contributed by atoms with Gasteiger partial charge in [0, 0.05) is 11.9 Å². The number of nitrogens with zero attached hydrogens (tertiary/aromatic N) is 2. The van der Waals surface area contributed by atoms with Crippen molar-refractivity contribution < 1.29 is 4.74 Å². The molecule has 1 fully saturated rings. The second-order valence-electron chi connectivity index (χ2n) is 5.52. The smallest absolute Gasteiger partial charge is 0.221 e. The molecule has 0 aliphatic carbocycles. The molecule has 0 bridgehead atoms. The molecule has 112 valence electrons. The topological polar surface area (TPSA) is 25.4 Å². The van der Waals surface area contributed by atoms with E-state index in [1.807, 2.05) is 18.2 Å². The van der Waals surface area contributed by atoms with E-state index < -0.39 is 0 Å². The second kappa shape index (κ2) is 7.10. The van der Waals surface area contributed by atoms with Crippen molar-refractivity contribution in [2.24, 2.45) is 0 Å². The highest BCUT2D eigenvalue weighted by molar-refractivity contribution is 6.17. The molecule has 1 saturated heterocycles. The van der Waals surface area contributed by atoms with E-state index in [-0.39, 0.29) is 0 Å². The Hall–Kier alpha value is -1.32. The fourth-order valence-electron chi connectivity index (χ4n) is 2.85. The third-order valence-electron chi connectivity index (χ3n) is 3.99. The molecule has 4 heteroatoms. The van der Waals surface area contributed by atoms with E-state index >= 15 is 0 Å². The monoisotopic (exact) mass is 304 g/mol. The lowest BCUT2D eigenvalue weighted by Crippen LogP contribution is -2.33. The van der Waals surface area contributed by atoms with Gasteiger partial charge in [-0.15, -0.1) is 11.6 Å². The number of alkyl halides is 1. The number of halogens is 1. The van der Waals surface area contributed by atoms with Crippen molar-refractivity contribution in [2.45, 2.75) is 25.1 Å². The summed E-state index contributed by atoms with van der Waals surface area (Å²) in [4.78, 5) is 7.00. The van der Waals surface area contributed by atoms with E-state index in [1.165, 1.54) is 32.4 Å². The number of likely N-dealkylation sites (tertiary alicyclic amines) is 1. The molecule has 1 aliphatic heterocycles. The van der Waals surface area contributed by atoms with Crippen LogP contribution in [0.4, 0.5) is 0 Å². The summed E-state index contributed by atoms with van der Waals surface area (Å²) in [6, 6.07) is 10.2. The number of hydrogen-bond donors (Lipinski definition) is 0. The first kappa shape index (κ1) is 14.6. The summed E-state index contributed by atoms with van der Waals surface area (Å²) in [5.41, 5.74) is 0.864. The van der Waals surface area contributed by atoms with Crippen LogP contribution in [0.15, 0.2) is 30.3 Å². The van der Waals surface area contributed by atoms with Crippen molar-refractivity contribution in [1.82, 2.24) is 9.88 Å². The molecule has 0 atom stereocenters. The number of fused-ring (bicyclic) bond motifs is 1. The summed E-state index contributed by atoms with van der Waals surface area (Å²) in [6.07, 6.45) is 3.98. The highest BCUT2D eigenvalue weighted by Gasteiger charge is 2.11. The zero-order valence-electron chi connectivity index (χ0n) is 12.2. The first-order valence-corrected chi connectivity index (χ1v) is 8.20. The fraction of sp³-hybridized carbons (Fsp3) is 0.471. The third-order valence-corrected chi connectivity index (χ3v) is 4.26. The van der Waals surface area contributed by atoms with Gasteiger partial charge in [-0.2, -0.15) is 0 Å². The van der Waals surface area contributed by atoms with E-state index in [1.54, 1.807) is 0 Å². The van der Waals surface area contributed by atoms with Gasteiger partial charge in [-0.05, 0) is 43.5 Å². The van der Waals surface area contributed by atoms with Crippen molar-refractivity contribution in [3.8, 4) is 5.88 Å². The number of benzene rings is 1. The van der Waals surface area contributed by atoms with E-state index in [0.717, 1.165) is 23.0 Å². The van der Waals surface area contributed by atoms with Crippen molar-refractivity contribution in [3.63, 3.8) is 0 Å². The lowest BCUT2D eigenvalue weighted by atomic mass is 10.1. The summed E-state index contributed by atoms with van der Waals surface area (Å²) in [5, 5.41) is 2.20. The quantitative estimate of drug-likeness (QED) is 0.785. The van der Waals surface area contributed by atoms with E-state index in [4.69, 9.17) is 16.3 Å². The molecular formula is C17H21ClN2O. The van der Waals surface area contributed by atoms with Gasteiger partial charge in [0.15, 0.2) is 0 Å². The Morgan fingerprint density at radius 1 is 1.14 bits per heavy atom. The average Bonchev–Trinajstić information content (AvgIpc) is 2.55. The average molecular weight is 305 g/mol. The van der Waals surface area contributed by atoms with Gasteiger partial charge in [-0.3, -0.25) is 4.90 Å². The van der Waals surface area contributed by atoms with Crippen molar-refractivity contribution in [2.75, 3.05) is 26.2 Å². The molecule has 0 N–H and O–H groups in total. The van der Waals surface area contributed by atoms with Crippen molar-refractivity contribution in [3.05, 3.63) is 36.0 Å². The van der Waals surface area contributed by atoms with Gasteiger partial charge >= 0.3 is 0 Å². The Morgan fingerprint density at radius 2 is 1.95 bits per heavy atom. The van der Waals surface area contributed by atoms with Crippen LogP contribution in [-0.4, -0.2) is 36.1 Å². The first-order chi connectivity index (χ1) is 10.4. The molecule has 1 aromatic heterocycles. The summed E-state index contributed by atoms with van der Waals surface area (Å²) in [7, 11) is 0. The molecule has 3 nitrogen and oxygen atoms in total. The maximum Gasteiger partial charge on any atom is 0.221 e. The van der Waals surface area contributed by atoms with Crippen LogP contribution in [0.3, 0.4) is 0 Å². The predicted molar refractivity (Wildman–Crippen MR) is 87.1 cm³/mol. The van der Waals surface area contributed by atoms with Crippen LogP contribution < -0.4 is 4.74 Å². The molecule has 0 unspecified atom stereocenters. The number of pyridine rings is 1. The fourth-order valence-corrected chi connectivity index (χ4v) is 2.99. The Morgan fingerprint density at radius 3 is 2.76 bits per heavy atom. The molecular weight excluding hydrogens is 284 g/mol. The van der Waals surface area contributed by atoms with Gasteiger partial charge in [0.2, 0.25) is 5.88 Å². The van der Waals surface area contributed by atoms with E-state index in [9.17, 15) is 0 Å². The molecule has 3 rings (SSSR count). The minimum absolute atomic E-state index is 0.410. The zero-order chi connectivity index (χ0) is 14.5. The number of aromatic nitrogens is 1. The first-order valence-electron chi connectivity index (χ1n) is 7.66. The van der Waals surface area contributed by atoms with Crippen molar-refractivity contribution in [1.29, 1.82) is 0 Å². The molecule has 0 radical (unpaired) electrons. The Balaban J connectivity index is 1.70. The van der Waals surface area contributed by atoms with Crippen LogP contribution in [0.2, 0.25) is 0 Å². The Kier molecular flexibility index (Phi) is 4.94. The summed E-state index contributed by atoms with van der Waals surface area (Å²) in [5.74, 6) is 1.12. The molecule has 2 heterocycles. The van der Waals surface area contributed by atoms with Gasteiger partial charge in [-0.1, -0.05) is 24.6 Å². The zero-order valence-corrected chi connectivity index (χ0v) is 13.0. The highest BCUT2D eigenvalue weighted by atomic mass is 35.5. The number of hydrogen-bond acceptors (Lipinski definition) is 3. The van der Waals surface area contributed by atoms with Gasteiger partial charge in [0.1, 0.15) is 6.61 Å². The maximum absolute atomic E-state index is 5.95. The molecule has 1 aromatic carbocycles. The summed E-state index contributed by atoms with van der Waals surface area (Å²) >= 11 is 5.93. The van der Waals surface area contributed by atoms with Crippen LogP contribution in [0.25, 0.3) is 10.8 Å². The third kappa shape index (κ3) is 3.66. The standard InChI is InChI=1S/C17H21ClN2O/c18-13-15-12-14-6-2-3-7-16(14)17(19-15)21-11-10-20-8-4-1-5-9-20/h2-3,6-7,12H,1,4-5,8-11,13H2. The summed E-state index contributed by atoms with van der Waals surface area (Å²) in [6.45, 7) is 4.04. The highest BCUT2D eigenvalue weighted by Crippen LogP contribution is 2.25. The van der Waals surface area contributed by atoms with Crippen LogP contribution in [0, 0.1) is 0 Å². The lowest BCUT2D eigenvalue weighted by molar-refractivity contribution is 0.181. The molecule has 21 heavy (non-hydrogen) atoms. The molecule has 1 aliphatic rings. The van der Waals surface area contributed by atoms with Crippen LogP contribution in [0.5, 0.6) is 5.88 Å². The van der Waals surface area contributed by atoms with Gasteiger partial charge < -0.3 is 4.74 Å². The predicted octanol–water partition coefficient (Wildman–Crippen LogP) is 3.84. The van der Waals surface area contributed by atoms with E-state index in [0.29, 0.717) is 18.4 Å². The SMILES string of the molecule is ClCc1cc2ccccc2c(OCCN2CCCCC2)n1. The summed E-state index contributed by atoms with van der Waals surface area (Å²) < 4.78 is 5.95. The maximum atomic E-state index is 5.95. The number of rotatable bonds is 5. The molecule has 0 amide bonds. The van der Waals surface area contributed by atoms with Gasteiger partial charge in [0.25, 0.3) is 0 Å². The van der Waals surface area contributed by atoms with Gasteiger partial charge in [-0.25, -0.2) is 4.98 Å². The number of piperidine rings is 1. The van der Waals surface area contributed by atoms with Crippen LogP contribution in [-0.2, 0) is 5.88 Å². The van der Waals surface area contributed by atoms with Crippen LogP contribution >= 0.6 is 11.6 Å². The minimum atomic E-state index is 0.410.